The first kappa shape index (κ1) is 21.4. The van der Waals surface area contributed by atoms with E-state index in [0.29, 0.717) is 40.6 Å². The number of nitrogens with zero attached hydrogens (tertiary/aromatic N) is 3. The fraction of sp³-hybridized carbons (Fsp3) is 0.174. The summed E-state index contributed by atoms with van der Waals surface area (Å²) in [5, 5.41) is 0.924. The van der Waals surface area contributed by atoms with Crippen molar-refractivity contribution in [2.45, 2.75) is 5.16 Å². The Morgan fingerprint density at radius 1 is 1.13 bits per heavy atom. The van der Waals surface area contributed by atoms with Crippen molar-refractivity contribution < 1.29 is 9.53 Å². The summed E-state index contributed by atoms with van der Waals surface area (Å²) in [5.74, 6) is 0.584. The van der Waals surface area contributed by atoms with Crippen LogP contribution in [0.5, 0.6) is 5.75 Å². The first-order valence-electron chi connectivity index (χ1n) is 9.38. The van der Waals surface area contributed by atoms with Crippen molar-refractivity contribution in [2.24, 2.45) is 0 Å². The number of rotatable bonds is 9. The molecule has 7 heteroatoms. The van der Waals surface area contributed by atoms with Crippen LogP contribution in [0.15, 0.2) is 83.8 Å². The second kappa shape index (κ2) is 9.93. The smallest absolute Gasteiger partial charge is 0.266 e. The summed E-state index contributed by atoms with van der Waals surface area (Å²) in [7, 11) is 1.55. The number of carbonyl (C=O) groups is 1. The largest absolute Gasteiger partial charge is 0.495 e. The fourth-order valence-corrected chi connectivity index (χ4v) is 3.95. The molecule has 0 radical (unpaired) electrons. The van der Waals surface area contributed by atoms with Gasteiger partial charge in [-0.25, -0.2) is 4.98 Å². The van der Waals surface area contributed by atoms with Crippen LogP contribution in [-0.4, -0.2) is 46.3 Å². The molecule has 0 saturated heterocycles. The maximum Gasteiger partial charge on any atom is 0.266 e. The molecule has 1 heterocycles. The summed E-state index contributed by atoms with van der Waals surface area (Å²) in [6, 6.07) is 14.4. The molecule has 0 spiro atoms. The van der Waals surface area contributed by atoms with E-state index in [2.05, 4.69) is 18.1 Å². The Balaban J connectivity index is 2.07. The fourth-order valence-electron chi connectivity index (χ4n) is 3.04. The number of para-hydroxylation sites is 3. The molecule has 0 bridgehead atoms. The van der Waals surface area contributed by atoms with Crippen molar-refractivity contribution in [3.05, 3.63) is 84.2 Å². The highest BCUT2D eigenvalue weighted by Gasteiger charge is 2.18. The number of methoxy groups -OCH3 is 1. The Kier molecular flexibility index (Phi) is 7.08. The Hall–Kier alpha value is -3.32. The van der Waals surface area contributed by atoms with Gasteiger partial charge in [0.25, 0.3) is 5.56 Å². The molecule has 30 heavy (non-hydrogen) atoms. The molecular formula is C23H23N3O3S. The number of fused-ring (bicyclic) bond motifs is 1. The minimum absolute atomic E-state index is 0.0891. The molecule has 154 valence electrons. The van der Waals surface area contributed by atoms with E-state index >= 15 is 0 Å². The number of aromatic nitrogens is 2. The van der Waals surface area contributed by atoms with E-state index < -0.39 is 0 Å². The zero-order chi connectivity index (χ0) is 21.5. The summed E-state index contributed by atoms with van der Waals surface area (Å²) >= 11 is 1.21. The zero-order valence-electron chi connectivity index (χ0n) is 16.8. The van der Waals surface area contributed by atoms with Crippen LogP contribution >= 0.6 is 11.8 Å². The molecule has 3 aromatic rings. The van der Waals surface area contributed by atoms with Crippen LogP contribution in [0.2, 0.25) is 0 Å². The Bertz CT molecular complexity index is 1130. The zero-order valence-corrected chi connectivity index (χ0v) is 17.6. The number of ether oxygens (including phenoxy) is 1. The number of hydrogen-bond donors (Lipinski definition) is 0. The van der Waals surface area contributed by atoms with Crippen molar-refractivity contribution in [3.8, 4) is 11.4 Å². The SMILES string of the molecule is C=CCN(CC=C)C(=O)CSc1nc2ccccc2c(=O)n1-c1ccccc1OC. The molecule has 0 aliphatic rings. The van der Waals surface area contributed by atoms with Gasteiger partial charge in [0.05, 0.1) is 29.5 Å². The van der Waals surface area contributed by atoms with Gasteiger partial charge in [0.15, 0.2) is 5.16 Å². The van der Waals surface area contributed by atoms with Crippen LogP contribution < -0.4 is 10.3 Å². The van der Waals surface area contributed by atoms with Crippen LogP contribution in [0.4, 0.5) is 0 Å². The third-order valence-electron chi connectivity index (χ3n) is 4.45. The van der Waals surface area contributed by atoms with Crippen LogP contribution in [0.3, 0.4) is 0 Å². The Labute approximate surface area is 179 Å². The van der Waals surface area contributed by atoms with Gasteiger partial charge in [-0.05, 0) is 24.3 Å². The summed E-state index contributed by atoms with van der Waals surface area (Å²) in [5.41, 5.74) is 0.943. The summed E-state index contributed by atoms with van der Waals surface area (Å²) in [6.45, 7) is 8.24. The molecule has 0 aliphatic carbocycles. The highest BCUT2D eigenvalue weighted by molar-refractivity contribution is 7.99. The number of thioether (sulfide) groups is 1. The lowest BCUT2D eigenvalue weighted by atomic mass is 10.2. The normalized spacial score (nSPS) is 10.6. The second-order valence-corrected chi connectivity index (χ2v) is 7.33. The van der Waals surface area contributed by atoms with Crippen molar-refractivity contribution in [1.29, 1.82) is 0 Å². The predicted molar refractivity (Wildman–Crippen MR) is 122 cm³/mol. The minimum Gasteiger partial charge on any atom is -0.495 e. The highest BCUT2D eigenvalue weighted by Crippen LogP contribution is 2.27. The van der Waals surface area contributed by atoms with Gasteiger partial charge in [0.1, 0.15) is 5.75 Å². The number of benzene rings is 2. The van der Waals surface area contributed by atoms with E-state index in [1.165, 1.54) is 16.3 Å². The molecule has 0 aliphatic heterocycles. The molecule has 0 fully saturated rings. The molecule has 2 aromatic carbocycles. The van der Waals surface area contributed by atoms with Gasteiger partial charge in [-0.3, -0.25) is 14.2 Å². The molecule has 0 atom stereocenters. The maximum atomic E-state index is 13.3. The highest BCUT2D eigenvalue weighted by atomic mass is 32.2. The van der Waals surface area contributed by atoms with Crippen molar-refractivity contribution >= 4 is 28.6 Å². The first-order chi connectivity index (χ1) is 14.6. The first-order valence-corrected chi connectivity index (χ1v) is 10.4. The lowest BCUT2D eigenvalue weighted by Gasteiger charge is -2.20. The molecule has 3 rings (SSSR count). The monoisotopic (exact) mass is 421 g/mol. The molecule has 0 saturated carbocycles. The molecule has 0 unspecified atom stereocenters. The van der Waals surface area contributed by atoms with Crippen molar-refractivity contribution in [2.75, 3.05) is 26.0 Å². The molecule has 0 N–H and O–H groups in total. The van der Waals surface area contributed by atoms with E-state index in [0.717, 1.165) is 0 Å². The van der Waals surface area contributed by atoms with E-state index in [4.69, 9.17) is 4.74 Å². The maximum absolute atomic E-state index is 13.3. The van der Waals surface area contributed by atoms with Gasteiger partial charge in [0.2, 0.25) is 5.91 Å². The van der Waals surface area contributed by atoms with Crippen molar-refractivity contribution in [3.63, 3.8) is 0 Å². The van der Waals surface area contributed by atoms with Gasteiger partial charge in [-0.15, -0.1) is 13.2 Å². The number of carbonyl (C=O) groups excluding carboxylic acids is 1. The summed E-state index contributed by atoms with van der Waals surface area (Å²) in [6.07, 6.45) is 3.34. The average molecular weight is 422 g/mol. The molecule has 1 aromatic heterocycles. The van der Waals surface area contributed by atoms with Crippen LogP contribution in [0, 0.1) is 0 Å². The molecular weight excluding hydrogens is 398 g/mol. The Morgan fingerprint density at radius 2 is 1.80 bits per heavy atom. The average Bonchev–Trinajstić information content (AvgIpc) is 2.77. The van der Waals surface area contributed by atoms with Gasteiger partial charge in [0, 0.05) is 13.1 Å². The standard InChI is InChI=1S/C23H23N3O3S/c1-4-14-25(15-5-2)21(27)16-30-23-24-18-11-7-6-10-17(18)22(28)26(23)19-12-8-9-13-20(19)29-3/h4-13H,1-2,14-16H2,3H3. The Morgan fingerprint density at radius 3 is 2.50 bits per heavy atom. The lowest BCUT2D eigenvalue weighted by Crippen LogP contribution is -2.33. The van der Waals surface area contributed by atoms with Gasteiger partial charge >= 0.3 is 0 Å². The van der Waals surface area contributed by atoms with Crippen LogP contribution in [-0.2, 0) is 4.79 Å². The van der Waals surface area contributed by atoms with Crippen molar-refractivity contribution in [1.82, 2.24) is 14.5 Å². The summed E-state index contributed by atoms with van der Waals surface area (Å²) in [4.78, 5) is 32.3. The number of hydrogen-bond acceptors (Lipinski definition) is 5. The van der Waals surface area contributed by atoms with Crippen LogP contribution in [0.1, 0.15) is 0 Å². The van der Waals surface area contributed by atoms with E-state index in [1.54, 1.807) is 54.5 Å². The van der Waals surface area contributed by atoms with Gasteiger partial charge in [-0.1, -0.05) is 48.2 Å². The molecule has 1 amide bonds. The second-order valence-electron chi connectivity index (χ2n) is 6.39. The third-order valence-corrected chi connectivity index (χ3v) is 5.37. The van der Waals surface area contributed by atoms with Gasteiger partial charge < -0.3 is 9.64 Å². The van der Waals surface area contributed by atoms with E-state index in [9.17, 15) is 9.59 Å². The quantitative estimate of drug-likeness (QED) is 0.300. The minimum atomic E-state index is -0.214. The molecule has 6 nitrogen and oxygen atoms in total. The van der Waals surface area contributed by atoms with Crippen LogP contribution in [0.25, 0.3) is 16.6 Å². The lowest BCUT2D eigenvalue weighted by molar-refractivity contribution is -0.127. The number of amides is 1. The topological polar surface area (TPSA) is 64.4 Å². The predicted octanol–water partition coefficient (Wildman–Crippen LogP) is 3.69. The third kappa shape index (κ3) is 4.46. The summed E-state index contributed by atoms with van der Waals surface area (Å²) < 4.78 is 6.96. The van der Waals surface area contributed by atoms with E-state index in [1.807, 2.05) is 18.2 Å². The van der Waals surface area contributed by atoms with E-state index in [-0.39, 0.29) is 17.2 Å². The van der Waals surface area contributed by atoms with Gasteiger partial charge in [-0.2, -0.15) is 0 Å².